The van der Waals surface area contributed by atoms with Crippen LogP contribution in [0.3, 0.4) is 0 Å². The molecule has 2 aromatic rings. The van der Waals surface area contributed by atoms with Crippen LogP contribution in [0.1, 0.15) is 26.7 Å². The van der Waals surface area contributed by atoms with Gasteiger partial charge in [0, 0.05) is 6.54 Å². The van der Waals surface area contributed by atoms with Crippen LogP contribution in [0.25, 0.3) is 11.1 Å². The van der Waals surface area contributed by atoms with E-state index in [9.17, 15) is 4.79 Å². The number of rotatable bonds is 3. The third-order valence-corrected chi connectivity index (χ3v) is 3.41. The molecule has 0 amide bonds. The van der Waals surface area contributed by atoms with Crippen molar-refractivity contribution in [3.63, 3.8) is 0 Å². The van der Waals surface area contributed by atoms with Crippen molar-refractivity contribution >= 4 is 23.1 Å². The van der Waals surface area contributed by atoms with Crippen LogP contribution < -0.4 is 4.90 Å². The Morgan fingerprint density at radius 1 is 1.45 bits per heavy atom. The Hall–Kier alpha value is -2.04. The van der Waals surface area contributed by atoms with Gasteiger partial charge in [0.1, 0.15) is 11.6 Å². The number of hydrogen-bond acceptors (Lipinski definition) is 5. The fraction of sp³-hybridized carbons (Fsp3) is 0.467. The number of nitrogens with zero attached hydrogens (tertiary/aromatic N) is 2. The quantitative estimate of drug-likeness (QED) is 0.805. The van der Waals surface area contributed by atoms with E-state index in [0.29, 0.717) is 6.01 Å². The van der Waals surface area contributed by atoms with Crippen molar-refractivity contribution in [3.8, 4) is 0 Å². The van der Waals surface area contributed by atoms with Crippen LogP contribution in [0, 0.1) is 0 Å². The lowest BCUT2D eigenvalue weighted by Crippen LogP contribution is -2.38. The summed E-state index contributed by atoms with van der Waals surface area (Å²) in [5.74, 6) is -0.195. The van der Waals surface area contributed by atoms with Gasteiger partial charge in [-0.15, -0.1) is 0 Å². The van der Waals surface area contributed by atoms with E-state index in [1.807, 2.05) is 43.0 Å². The van der Waals surface area contributed by atoms with E-state index in [1.165, 1.54) is 0 Å². The van der Waals surface area contributed by atoms with E-state index < -0.39 is 0 Å². The Labute approximate surface area is 117 Å². The molecule has 0 radical (unpaired) electrons. The molecule has 0 aliphatic carbocycles. The van der Waals surface area contributed by atoms with Crippen molar-refractivity contribution in [1.29, 1.82) is 0 Å². The van der Waals surface area contributed by atoms with Gasteiger partial charge in [-0.25, -0.2) is 4.79 Å². The fourth-order valence-corrected chi connectivity index (χ4v) is 2.53. The van der Waals surface area contributed by atoms with Crippen LogP contribution in [0.5, 0.6) is 0 Å². The predicted octanol–water partition coefficient (Wildman–Crippen LogP) is 2.75. The number of fused-ring (bicyclic) bond motifs is 1. The second-order valence-electron chi connectivity index (χ2n) is 5.30. The average molecular weight is 274 g/mol. The molecule has 0 spiro atoms. The van der Waals surface area contributed by atoms with Crippen molar-refractivity contribution in [2.75, 3.05) is 11.4 Å². The fourth-order valence-electron chi connectivity index (χ4n) is 2.53. The first-order valence-corrected chi connectivity index (χ1v) is 6.98. The van der Waals surface area contributed by atoms with Crippen molar-refractivity contribution in [1.82, 2.24) is 4.98 Å². The SMILES string of the molecule is CC(C)OC(=O)C1CCCN1c1nc2ccccc2o1. The molecule has 0 N–H and O–H groups in total. The lowest BCUT2D eigenvalue weighted by atomic mass is 10.2. The zero-order chi connectivity index (χ0) is 14.1. The average Bonchev–Trinajstić information content (AvgIpc) is 3.04. The number of anilines is 1. The molecule has 106 valence electrons. The highest BCUT2D eigenvalue weighted by atomic mass is 16.5. The molecule has 20 heavy (non-hydrogen) atoms. The summed E-state index contributed by atoms with van der Waals surface area (Å²) >= 11 is 0. The molecule has 1 aromatic carbocycles. The Morgan fingerprint density at radius 3 is 3.00 bits per heavy atom. The minimum Gasteiger partial charge on any atom is -0.461 e. The van der Waals surface area contributed by atoms with Gasteiger partial charge in [0.2, 0.25) is 0 Å². The molecule has 3 rings (SSSR count). The standard InChI is InChI=1S/C15H18N2O3/c1-10(2)19-14(18)12-7-5-9-17(12)15-16-11-6-3-4-8-13(11)20-15/h3-4,6,8,10,12H,5,7,9H2,1-2H3. The number of carbonyl (C=O) groups excluding carboxylic acids is 1. The van der Waals surface area contributed by atoms with Gasteiger partial charge >= 0.3 is 5.97 Å². The number of esters is 1. The third-order valence-electron chi connectivity index (χ3n) is 3.41. The van der Waals surface area contributed by atoms with E-state index in [4.69, 9.17) is 9.15 Å². The van der Waals surface area contributed by atoms with Crippen molar-refractivity contribution in [2.24, 2.45) is 0 Å². The Kier molecular flexibility index (Phi) is 3.34. The maximum absolute atomic E-state index is 12.1. The molecule has 1 fully saturated rings. The molecule has 1 aromatic heterocycles. The number of benzene rings is 1. The maximum Gasteiger partial charge on any atom is 0.329 e. The second kappa shape index (κ2) is 5.15. The van der Waals surface area contributed by atoms with Gasteiger partial charge in [0.15, 0.2) is 5.58 Å². The summed E-state index contributed by atoms with van der Waals surface area (Å²) in [5.41, 5.74) is 1.55. The number of carbonyl (C=O) groups is 1. The molecular weight excluding hydrogens is 256 g/mol. The van der Waals surface area contributed by atoms with Gasteiger partial charge in [-0.1, -0.05) is 12.1 Å². The highest BCUT2D eigenvalue weighted by Crippen LogP contribution is 2.28. The summed E-state index contributed by atoms with van der Waals surface area (Å²) in [7, 11) is 0. The van der Waals surface area contributed by atoms with Crippen LogP contribution in [0.15, 0.2) is 28.7 Å². The van der Waals surface area contributed by atoms with E-state index in [1.54, 1.807) is 0 Å². The molecule has 2 heterocycles. The Morgan fingerprint density at radius 2 is 2.25 bits per heavy atom. The van der Waals surface area contributed by atoms with Crippen molar-refractivity contribution < 1.29 is 13.9 Å². The zero-order valence-electron chi connectivity index (χ0n) is 11.7. The van der Waals surface area contributed by atoms with E-state index in [0.717, 1.165) is 30.5 Å². The number of hydrogen-bond donors (Lipinski definition) is 0. The maximum atomic E-state index is 12.1. The second-order valence-corrected chi connectivity index (χ2v) is 5.30. The molecule has 0 saturated carbocycles. The van der Waals surface area contributed by atoms with Crippen molar-refractivity contribution in [3.05, 3.63) is 24.3 Å². The first kappa shape index (κ1) is 13.0. The van der Waals surface area contributed by atoms with Crippen molar-refractivity contribution in [2.45, 2.75) is 38.8 Å². The molecule has 5 heteroatoms. The summed E-state index contributed by atoms with van der Waals surface area (Å²) in [6.45, 7) is 4.48. The third kappa shape index (κ3) is 2.35. The smallest absolute Gasteiger partial charge is 0.329 e. The molecule has 1 atom stereocenters. The monoisotopic (exact) mass is 274 g/mol. The number of aromatic nitrogens is 1. The number of ether oxygens (including phenoxy) is 1. The summed E-state index contributed by atoms with van der Waals surface area (Å²) in [6, 6.07) is 7.83. The topological polar surface area (TPSA) is 55.6 Å². The molecular formula is C15H18N2O3. The minimum absolute atomic E-state index is 0.103. The van der Waals surface area contributed by atoms with Crippen LogP contribution in [0.2, 0.25) is 0 Å². The minimum atomic E-state index is -0.287. The summed E-state index contributed by atoms with van der Waals surface area (Å²) in [5, 5.41) is 0. The van der Waals surface area contributed by atoms with Gasteiger partial charge in [0.05, 0.1) is 6.10 Å². The van der Waals surface area contributed by atoms with Gasteiger partial charge < -0.3 is 14.1 Å². The van der Waals surface area contributed by atoms with Gasteiger partial charge in [-0.2, -0.15) is 4.98 Å². The summed E-state index contributed by atoms with van der Waals surface area (Å²) in [6.07, 6.45) is 1.62. The predicted molar refractivity (Wildman–Crippen MR) is 75.6 cm³/mol. The Bertz CT molecular complexity index is 587. The summed E-state index contributed by atoms with van der Waals surface area (Å²) < 4.78 is 11.1. The molecule has 1 aliphatic heterocycles. The van der Waals surface area contributed by atoms with Gasteiger partial charge in [-0.3, -0.25) is 0 Å². The van der Waals surface area contributed by atoms with E-state index in [-0.39, 0.29) is 18.1 Å². The van der Waals surface area contributed by atoms with Crippen LogP contribution in [0.4, 0.5) is 6.01 Å². The van der Waals surface area contributed by atoms with Gasteiger partial charge in [-0.05, 0) is 38.8 Å². The largest absolute Gasteiger partial charge is 0.461 e. The lowest BCUT2D eigenvalue weighted by molar-refractivity contribution is -0.148. The van der Waals surface area contributed by atoms with Gasteiger partial charge in [0.25, 0.3) is 6.01 Å². The van der Waals surface area contributed by atoms with E-state index in [2.05, 4.69) is 4.98 Å². The lowest BCUT2D eigenvalue weighted by Gasteiger charge is -2.22. The highest BCUT2D eigenvalue weighted by molar-refractivity contribution is 5.81. The Balaban J connectivity index is 1.86. The molecule has 1 saturated heterocycles. The zero-order valence-corrected chi connectivity index (χ0v) is 11.7. The number of oxazole rings is 1. The molecule has 1 aliphatic rings. The van der Waals surface area contributed by atoms with Crippen LogP contribution >= 0.6 is 0 Å². The normalized spacial score (nSPS) is 18.9. The summed E-state index contributed by atoms with van der Waals surface area (Å²) in [4.78, 5) is 18.5. The molecule has 5 nitrogen and oxygen atoms in total. The molecule has 1 unspecified atom stereocenters. The van der Waals surface area contributed by atoms with E-state index >= 15 is 0 Å². The molecule has 0 bridgehead atoms. The highest BCUT2D eigenvalue weighted by Gasteiger charge is 2.35. The first-order valence-electron chi connectivity index (χ1n) is 6.98. The number of para-hydroxylation sites is 2. The van der Waals surface area contributed by atoms with Crippen LogP contribution in [-0.4, -0.2) is 29.6 Å². The van der Waals surface area contributed by atoms with Crippen LogP contribution in [-0.2, 0) is 9.53 Å². The first-order chi connectivity index (χ1) is 9.65.